The quantitative estimate of drug-likeness (QED) is 0.448. The standard InChI is InChI=1S/C23H24FN5O3/c24-18-9-7-17(8-10-18)21-16-22(23(30)25-11-14-27-12-2-1-3-13-27)28(26-21)19-5-4-6-20(15-19)29(31)32/h4-10,15-16H,1-3,11-14H2,(H,25,30). The average molecular weight is 437 g/mol. The van der Waals surface area contributed by atoms with Gasteiger partial charge in [-0.25, -0.2) is 9.07 Å². The number of nitro benzene ring substituents is 1. The van der Waals surface area contributed by atoms with Gasteiger partial charge in [0, 0.05) is 30.8 Å². The van der Waals surface area contributed by atoms with Gasteiger partial charge in [-0.15, -0.1) is 0 Å². The molecule has 0 spiro atoms. The molecule has 1 aromatic heterocycles. The summed E-state index contributed by atoms with van der Waals surface area (Å²) in [6.45, 7) is 3.33. The molecule has 1 aliphatic heterocycles. The molecule has 1 fully saturated rings. The summed E-state index contributed by atoms with van der Waals surface area (Å²) in [7, 11) is 0. The fourth-order valence-electron chi connectivity index (χ4n) is 3.84. The Kier molecular flexibility index (Phi) is 6.55. The lowest BCUT2D eigenvalue weighted by Gasteiger charge is -2.26. The van der Waals surface area contributed by atoms with E-state index in [9.17, 15) is 19.3 Å². The molecule has 0 unspecified atom stereocenters. The van der Waals surface area contributed by atoms with E-state index in [4.69, 9.17) is 0 Å². The third kappa shape index (κ3) is 5.00. The van der Waals surface area contributed by atoms with Crippen LogP contribution in [0.3, 0.4) is 0 Å². The van der Waals surface area contributed by atoms with Crippen molar-refractivity contribution in [3.8, 4) is 16.9 Å². The van der Waals surface area contributed by atoms with E-state index in [1.54, 1.807) is 30.3 Å². The van der Waals surface area contributed by atoms with Crippen molar-refractivity contribution in [3.05, 3.63) is 76.2 Å². The van der Waals surface area contributed by atoms with Crippen LogP contribution in [0, 0.1) is 15.9 Å². The van der Waals surface area contributed by atoms with Crippen molar-refractivity contribution in [2.75, 3.05) is 26.2 Å². The van der Waals surface area contributed by atoms with Gasteiger partial charge in [-0.2, -0.15) is 5.10 Å². The molecule has 0 bridgehead atoms. The maximum Gasteiger partial charge on any atom is 0.271 e. The van der Waals surface area contributed by atoms with Gasteiger partial charge < -0.3 is 10.2 Å². The van der Waals surface area contributed by atoms with E-state index in [0.717, 1.165) is 19.6 Å². The van der Waals surface area contributed by atoms with Crippen LogP contribution in [0.25, 0.3) is 16.9 Å². The Morgan fingerprint density at radius 2 is 1.84 bits per heavy atom. The maximum atomic E-state index is 13.3. The Hall–Kier alpha value is -3.59. The molecule has 9 heteroatoms. The number of benzene rings is 2. The molecule has 0 aliphatic carbocycles. The minimum atomic E-state index is -0.494. The summed E-state index contributed by atoms with van der Waals surface area (Å²) in [5.41, 5.74) is 1.66. The molecule has 4 rings (SSSR count). The van der Waals surface area contributed by atoms with E-state index in [2.05, 4.69) is 15.3 Å². The van der Waals surface area contributed by atoms with E-state index in [1.807, 2.05) is 0 Å². The van der Waals surface area contributed by atoms with Crippen molar-refractivity contribution in [2.24, 2.45) is 0 Å². The van der Waals surface area contributed by atoms with Crippen LogP contribution in [-0.2, 0) is 0 Å². The molecule has 1 saturated heterocycles. The fourth-order valence-corrected chi connectivity index (χ4v) is 3.84. The van der Waals surface area contributed by atoms with Crippen LogP contribution in [-0.4, -0.2) is 51.7 Å². The van der Waals surface area contributed by atoms with Gasteiger partial charge in [-0.05, 0) is 62.3 Å². The Balaban J connectivity index is 1.61. The van der Waals surface area contributed by atoms with Crippen LogP contribution in [0.2, 0.25) is 0 Å². The van der Waals surface area contributed by atoms with Gasteiger partial charge in [-0.3, -0.25) is 14.9 Å². The average Bonchev–Trinajstić information content (AvgIpc) is 3.26. The number of carbonyl (C=O) groups is 1. The van der Waals surface area contributed by atoms with Gasteiger partial charge in [0.25, 0.3) is 11.6 Å². The lowest BCUT2D eigenvalue weighted by atomic mass is 10.1. The molecule has 1 aliphatic rings. The lowest BCUT2D eigenvalue weighted by Crippen LogP contribution is -2.38. The number of nitrogens with zero attached hydrogens (tertiary/aromatic N) is 4. The number of nitrogens with one attached hydrogen (secondary N) is 1. The summed E-state index contributed by atoms with van der Waals surface area (Å²) >= 11 is 0. The zero-order valence-corrected chi connectivity index (χ0v) is 17.5. The van der Waals surface area contributed by atoms with Crippen molar-refractivity contribution >= 4 is 11.6 Å². The number of aromatic nitrogens is 2. The molecule has 32 heavy (non-hydrogen) atoms. The van der Waals surface area contributed by atoms with Gasteiger partial charge in [0.2, 0.25) is 0 Å². The third-order valence-electron chi connectivity index (χ3n) is 5.53. The van der Waals surface area contributed by atoms with Crippen LogP contribution in [0.1, 0.15) is 29.8 Å². The molecule has 0 saturated carbocycles. The van der Waals surface area contributed by atoms with Gasteiger partial charge in [0.05, 0.1) is 16.3 Å². The summed E-state index contributed by atoms with van der Waals surface area (Å²) in [5, 5.41) is 18.6. The van der Waals surface area contributed by atoms with Gasteiger partial charge >= 0.3 is 0 Å². The molecule has 2 heterocycles. The number of likely N-dealkylation sites (tertiary alicyclic amines) is 1. The maximum absolute atomic E-state index is 13.3. The van der Waals surface area contributed by atoms with Crippen LogP contribution in [0.4, 0.5) is 10.1 Å². The Morgan fingerprint density at radius 1 is 1.09 bits per heavy atom. The minimum absolute atomic E-state index is 0.0993. The summed E-state index contributed by atoms with van der Waals surface area (Å²) in [6.07, 6.45) is 3.60. The Labute approximate surface area is 184 Å². The van der Waals surface area contributed by atoms with Crippen molar-refractivity contribution < 1.29 is 14.1 Å². The highest BCUT2D eigenvalue weighted by atomic mass is 19.1. The Morgan fingerprint density at radius 3 is 2.56 bits per heavy atom. The number of amides is 1. The molecule has 0 radical (unpaired) electrons. The largest absolute Gasteiger partial charge is 0.349 e. The van der Waals surface area contributed by atoms with E-state index < -0.39 is 4.92 Å². The molecule has 2 aromatic carbocycles. The summed E-state index contributed by atoms with van der Waals surface area (Å²) in [4.78, 5) is 26.1. The Bertz CT molecular complexity index is 1110. The molecule has 1 N–H and O–H groups in total. The first kappa shape index (κ1) is 21.6. The topological polar surface area (TPSA) is 93.3 Å². The second-order valence-electron chi connectivity index (χ2n) is 7.77. The number of hydrogen-bond donors (Lipinski definition) is 1. The number of non-ortho nitro benzene ring substituents is 1. The number of halogens is 1. The first-order valence-electron chi connectivity index (χ1n) is 10.6. The second kappa shape index (κ2) is 9.69. The summed E-state index contributed by atoms with van der Waals surface area (Å²) < 4.78 is 14.7. The smallest absolute Gasteiger partial charge is 0.271 e. The highest BCUT2D eigenvalue weighted by molar-refractivity contribution is 5.94. The van der Waals surface area contributed by atoms with Crippen molar-refractivity contribution in [1.82, 2.24) is 20.0 Å². The molecule has 3 aromatic rings. The van der Waals surface area contributed by atoms with E-state index in [1.165, 1.54) is 48.2 Å². The molecule has 0 atom stereocenters. The van der Waals surface area contributed by atoms with Crippen LogP contribution < -0.4 is 5.32 Å². The number of carbonyl (C=O) groups excluding carboxylic acids is 1. The van der Waals surface area contributed by atoms with E-state index in [-0.39, 0.29) is 23.1 Å². The SMILES string of the molecule is O=C(NCCN1CCCCC1)c1cc(-c2ccc(F)cc2)nn1-c1cccc([N+](=O)[O-])c1. The van der Waals surface area contributed by atoms with Crippen LogP contribution in [0.5, 0.6) is 0 Å². The summed E-state index contributed by atoms with van der Waals surface area (Å²) in [5.74, 6) is -0.697. The fraction of sp³-hybridized carbons (Fsp3) is 0.304. The molecular weight excluding hydrogens is 413 g/mol. The zero-order valence-electron chi connectivity index (χ0n) is 17.5. The monoisotopic (exact) mass is 437 g/mol. The highest BCUT2D eigenvalue weighted by Crippen LogP contribution is 2.24. The van der Waals surface area contributed by atoms with E-state index >= 15 is 0 Å². The molecule has 1 amide bonds. The molecule has 8 nitrogen and oxygen atoms in total. The van der Waals surface area contributed by atoms with Crippen molar-refractivity contribution in [1.29, 1.82) is 0 Å². The number of piperidine rings is 1. The highest BCUT2D eigenvalue weighted by Gasteiger charge is 2.19. The summed E-state index contributed by atoms with van der Waals surface area (Å²) in [6, 6.07) is 13.4. The van der Waals surface area contributed by atoms with Gasteiger partial charge in [0.15, 0.2) is 0 Å². The zero-order chi connectivity index (χ0) is 22.5. The van der Waals surface area contributed by atoms with Crippen LogP contribution in [0.15, 0.2) is 54.6 Å². The lowest BCUT2D eigenvalue weighted by molar-refractivity contribution is -0.384. The van der Waals surface area contributed by atoms with Gasteiger partial charge in [-0.1, -0.05) is 12.5 Å². The first-order chi connectivity index (χ1) is 15.5. The number of hydrogen-bond acceptors (Lipinski definition) is 5. The number of nitro groups is 1. The second-order valence-corrected chi connectivity index (χ2v) is 7.77. The number of rotatable bonds is 7. The van der Waals surface area contributed by atoms with Gasteiger partial charge in [0.1, 0.15) is 11.5 Å². The predicted molar refractivity (Wildman–Crippen MR) is 118 cm³/mol. The minimum Gasteiger partial charge on any atom is -0.349 e. The molecular formula is C23H24FN5O3. The van der Waals surface area contributed by atoms with Crippen LogP contribution >= 0.6 is 0 Å². The normalized spacial score (nSPS) is 14.3. The van der Waals surface area contributed by atoms with Crippen molar-refractivity contribution in [3.63, 3.8) is 0 Å². The first-order valence-corrected chi connectivity index (χ1v) is 10.6. The van der Waals surface area contributed by atoms with Crippen molar-refractivity contribution in [2.45, 2.75) is 19.3 Å². The molecule has 166 valence electrons. The predicted octanol–water partition coefficient (Wildman–Crippen LogP) is 3.80. The van der Waals surface area contributed by atoms with E-state index in [0.29, 0.717) is 23.5 Å². The third-order valence-corrected chi connectivity index (χ3v) is 5.53.